The van der Waals surface area contributed by atoms with Crippen LogP contribution in [0.5, 0.6) is 0 Å². The van der Waals surface area contributed by atoms with Crippen LogP contribution in [0.4, 0.5) is 15.8 Å². The average Bonchev–Trinajstić information content (AvgIpc) is 3.39. The van der Waals surface area contributed by atoms with E-state index in [1.807, 2.05) is 84.9 Å². The largest absolute Gasteiger partial charge is 0.325 e. The third-order valence-electron chi connectivity index (χ3n) is 6.49. The first kappa shape index (κ1) is 27.3. The van der Waals surface area contributed by atoms with Gasteiger partial charge in [0, 0.05) is 27.9 Å². The number of nitrogens with one attached hydrogen (secondary N) is 2. The van der Waals surface area contributed by atoms with Gasteiger partial charge in [0.15, 0.2) is 4.34 Å². The molecule has 0 atom stereocenters. The highest BCUT2D eigenvalue weighted by molar-refractivity contribution is 8.00. The molecule has 0 saturated heterocycles. The Balaban J connectivity index is 1.02. The van der Waals surface area contributed by atoms with Crippen molar-refractivity contribution in [1.29, 1.82) is 0 Å². The minimum Gasteiger partial charge on any atom is -0.325 e. The van der Waals surface area contributed by atoms with Crippen LogP contribution in [-0.2, 0) is 15.3 Å². The molecule has 1 heterocycles. The minimum absolute atomic E-state index is 0.149. The normalized spacial score (nSPS) is 11.2. The van der Waals surface area contributed by atoms with Crippen molar-refractivity contribution in [2.24, 2.45) is 0 Å². The number of amides is 2. The lowest BCUT2D eigenvalue weighted by Crippen LogP contribution is -2.18. The molecular weight excluding hydrogens is 574 g/mol. The van der Waals surface area contributed by atoms with E-state index in [1.54, 1.807) is 29.2 Å². The molecule has 6 aromatic rings. The number of benzene rings is 5. The van der Waals surface area contributed by atoms with Crippen LogP contribution in [0.1, 0.15) is 5.56 Å². The maximum Gasteiger partial charge on any atom is 0.234 e. The van der Waals surface area contributed by atoms with E-state index in [4.69, 9.17) is 4.98 Å². The van der Waals surface area contributed by atoms with Gasteiger partial charge in [0.1, 0.15) is 5.82 Å². The van der Waals surface area contributed by atoms with Gasteiger partial charge in [-0.2, -0.15) is 0 Å². The Morgan fingerprint density at radius 2 is 1.51 bits per heavy atom. The van der Waals surface area contributed by atoms with Gasteiger partial charge < -0.3 is 10.6 Å². The summed E-state index contributed by atoms with van der Waals surface area (Å²) in [6, 6.07) is 30.2. The smallest absolute Gasteiger partial charge is 0.234 e. The maximum atomic E-state index is 14.2. The van der Waals surface area contributed by atoms with Crippen molar-refractivity contribution in [2.75, 3.05) is 22.1 Å². The van der Waals surface area contributed by atoms with Gasteiger partial charge in [-0.15, -0.1) is 23.1 Å². The van der Waals surface area contributed by atoms with Crippen LogP contribution in [0.25, 0.3) is 31.8 Å². The molecule has 204 valence electrons. The number of anilines is 2. The van der Waals surface area contributed by atoms with Crippen LogP contribution in [0.3, 0.4) is 0 Å². The van der Waals surface area contributed by atoms with E-state index in [-0.39, 0.29) is 29.1 Å². The van der Waals surface area contributed by atoms with Crippen molar-refractivity contribution in [3.8, 4) is 0 Å². The number of aromatic nitrogens is 1. The summed E-state index contributed by atoms with van der Waals surface area (Å²) in [4.78, 5) is 29.7. The molecule has 0 saturated carbocycles. The molecule has 0 aliphatic rings. The SMILES string of the molecule is O=C(CSCC(=O)Nc1cccc2ccccc12)Nc1ccc2nc(SCc3ccc(F)c4ccccc34)sc2c1. The summed E-state index contributed by atoms with van der Waals surface area (Å²) in [7, 11) is 0. The third kappa shape index (κ3) is 6.37. The standard InChI is InChI=1S/C32H24FN3O2S3/c33-26-14-12-21(23-8-3-4-10-25(23)26)17-40-32-36-28-15-13-22(16-29(28)41-32)34-30(37)18-39-19-31(38)35-27-11-5-7-20-6-1-2-9-24(20)27/h1-16H,17-19H2,(H,34,37)(H,35,38). The molecule has 0 radical (unpaired) electrons. The number of hydrogen-bond acceptors (Lipinski definition) is 6. The molecule has 0 aliphatic heterocycles. The highest BCUT2D eigenvalue weighted by atomic mass is 32.2. The Kier molecular flexibility index (Phi) is 8.18. The average molecular weight is 598 g/mol. The second kappa shape index (κ2) is 12.3. The molecule has 41 heavy (non-hydrogen) atoms. The molecule has 5 nitrogen and oxygen atoms in total. The van der Waals surface area contributed by atoms with Gasteiger partial charge in [-0.3, -0.25) is 9.59 Å². The van der Waals surface area contributed by atoms with Crippen LogP contribution in [0, 0.1) is 5.82 Å². The molecule has 0 aliphatic carbocycles. The summed E-state index contributed by atoms with van der Waals surface area (Å²) in [5.41, 5.74) is 3.37. The Labute approximate surface area is 248 Å². The van der Waals surface area contributed by atoms with Crippen molar-refractivity contribution >= 4 is 89.8 Å². The Morgan fingerprint density at radius 1 is 0.780 bits per heavy atom. The zero-order valence-corrected chi connectivity index (χ0v) is 24.2. The molecule has 2 amide bonds. The lowest BCUT2D eigenvalue weighted by molar-refractivity contribution is -0.114. The number of carbonyl (C=O) groups excluding carboxylic acids is 2. The van der Waals surface area contributed by atoms with Crippen molar-refractivity contribution in [1.82, 2.24) is 4.98 Å². The van der Waals surface area contributed by atoms with Crippen LogP contribution >= 0.6 is 34.9 Å². The topological polar surface area (TPSA) is 71.1 Å². The van der Waals surface area contributed by atoms with E-state index in [1.165, 1.54) is 17.8 Å². The lowest BCUT2D eigenvalue weighted by atomic mass is 10.1. The highest BCUT2D eigenvalue weighted by Crippen LogP contribution is 2.34. The number of halogens is 1. The number of fused-ring (bicyclic) bond motifs is 3. The second-order valence-electron chi connectivity index (χ2n) is 9.32. The number of nitrogens with zero attached hydrogens (tertiary/aromatic N) is 1. The molecule has 6 rings (SSSR count). The first-order chi connectivity index (χ1) is 20.0. The van der Waals surface area contributed by atoms with E-state index in [0.717, 1.165) is 42.0 Å². The maximum absolute atomic E-state index is 14.2. The molecule has 5 aromatic carbocycles. The van der Waals surface area contributed by atoms with E-state index < -0.39 is 0 Å². The molecule has 0 bridgehead atoms. The predicted octanol–water partition coefficient (Wildman–Crippen LogP) is 8.34. The van der Waals surface area contributed by atoms with Gasteiger partial charge in [-0.1, -0.05) is 78.5 Å². The summed E-state index contributed by atoms with van der Waals surface area (Å²) < 4.78 is 16.0. The van der Waals surface area contributed by atoms with E-state index in [2.05, 4.69) is 10.6 Å². The molecule has 9 heteroatoms. The molecular formula is C32H24FN3O2S3. The van der Waals surface area contributed by atoms with Crippen LogP contribution < -0.4 is 10.6 Å². The third-order valence-corrected chi connectivity index (χ3v) is 9.64. The summed E-state index contributed by atoms with van der Waals surface area (Å²) in [6.07, 6.45) is 0. The number of hydrogen-bond donors (Lipinski definition) is 2. The molecule has 0 spiro atoms. The number of carbonyl (C=O) groups is 2. The Bertz CT molecular complexity index is 1900. The fraction of sp³-hybridized carbons (Fsp3) is 0.0938. The molecule has 0 fully saturated rings. The highest BCUT2D eigenvalue weighted by Gasteiger charge is 2.12. The van der Waals surface area contributed by atoms with Crippen molar-refractivity contribution in [2.45, 2.75) is 10.1 Å². The van der Waals surface area contributed by atoms with Crippen LogP contribution in [-0.4, -0.2) is 28.3 Å². The minimum atomic E-state index is -0.216. The molecule has 1 aromatic heterocycles. The summed E-state index contributed by atoms with van der Waals surface area (Å²) in [5, 5.41) is 9.44. The first-order valence-corrected chi connectivity index (χ1v) is 15.8. The van der Waals surface area contributed by atoms with Crippen LogP contribution in [0.15, 0.2) is 101 Å². The summed E-state index contributed by atoms with van der Waals surface area (Å²) in [6.45, 7) is 0. The van der Waals surface area contributed by atoms with Gasteiger partial charge in [-0.25, -0.2) is 9.37 Å². The van der Waals surface area contributed by atoms with Gasteiger partial charge in [-0.05, 0) is 46.7 Å². The van der Waals surface area contributed by atoms with Gasteiger partial charge in [0.25, 0.3) is 0 Å². The number of rotatable bonds is 9. The van der Waals surface area contributed by atoms with E-state index in [0.29, 0.717) is 16.8 Å². The number of thioether (sulfide) groups is 2. The predicted molar refractivity (Wildman–Crippen MR) is 172 cm³/mol. The van der Waals surface area contributed by atoms with Gasteiger partial charge >= 0.3 is 0 Å². The van der Waals surface area contributed by atoms with Gasteiger partial charge in [0.2, 0.25) is 11.8 Å². The first-order valence-electron chi connectivity index (χ1n) is 12.9. The number of thiazole rings is 1. The monoisotopic (exact) mass is 597 g/mol. The second-order valence-corrected chi connectivity index (χ2v) is 12.6. The van der Waals surface area contributed by atoms with Crippen molar-refractivity contribution < 1.29 is 14.0 Å². The van der Waals surface area contributed by atoms with Crippen LogP contribution in [0.2, 0.25) is 0 Å². The fourth-order valence-electron chi connectivity index (χ4n) is 4.59. The fourth-order valence-corrected chi connectivity index (χ4v) is 7.32. The Hall–Kier alpha value is -3.92. The lowest BCUT2D eigenvalue weighted by Gasteiger charge is -2.09. The Morgan fingerprint density at radius 3 is 2.37 bits per heavy atom. The van der Waals surface area contributed by atoms with Crippen molar-refractivity contribution in [3.05, 3.63) is 108 Å². The summed E-state index contributed by atoms with van der Waals surface area (Å²) >= 11 is 4.44. The van der Waals surface area contributed by atoms with Gasteiger partial charge in [0.05, 0.1) is 21.7 Å². The molecule has 2 N–H and O–H groups in total. The zero-order chi connectivity index (χ0) is 28.2. The van der Waals surface area contributed by atoms with E-state index >= 15 is 0 Å². The summed E-state index contributed by atoms with van der Waals surface area (Å²) in [5.74, 6) is 0.477. The molecule has 0 unspecified atom stereocenters. The van der Waals surface area contributed by atoms with Crippen molar-refractivity contribution in [3.63, 3.8) is 0 Å². The quantitative estimate of drug-likeness (QED) is 0.164. The zero-order valence-electron chi connectivity index (χ0n) is 21.7. The van der Waals surface area contributed by atoms with E-state index in [9.17, 15) is 14.0 Å².